The van der Waals surface area contributed by atoms with Crippen molar-refractivity contribution in [1.82, 2.24) is 0 Å². The second kappa shape index (κ2) is 7.56. The lowest BCUT2D eigenvalue weighted by atomic mass is 9.93. The number of rotatable bonds is 5. The molecule has 1 amide bonds. The molecule has 0 unspecified atom stereocenters. The Kier molecular flexibility index (Phi) is 4.97. The van der Waals surface area contributed by atoms with Gasteiger partial charge in [0.05, 0.1) is 25.8 Å². The first kappa shape index (κ1) is 18.4. The zero-order valence-corrected chi connectivity index (χ0v) is 16.4. The molecule has 1 aliphatic rings. The van der Waals surface area contributed by atoms with Crippen LogP contribution in [-0.4, -0.2) is 20.1 Å². The lowest BCUT2D eigenvalue weighted by Gasteiger charge is -2.18. The Morgan fingerprint density at radius 3 is 2.29 bits per heavy atom. The van der Waals surface area contributed by atoms with Crippen molar-refractivity contribution in [2.45, 2.75) is 12.3 Å². The Bertz CT molecular complexity index is 1020. The molecular formula is C23H20ClNO3. The average Bonchev–Trinajstić information content (AvgIpc) is 3.01. The van der Waals surface area contributed by atoms with Crippen LogP contribution in [0.25, 0.3) is 0 Å². The number of fused-ring (bicyclic) bond motifs is 1. The van der Waals surface area contributed by atoms with Crippen LogP contribution in [0.1, 0.15) is 17.0 Å². The number of benzene rings is 3. The van der Waals surface area contributed by atoms with Crippen molar-refractivity contribution in [3.05, 3.63) is 82.9 Å². The van der Waals surface area contributed by atoms with E-state index in [2.05, 4.69) is 0 Å². The highest BCUT2D eigenvalue weighted by molar-refractivity contribution is 6.31. The minimum atomic E-state index is -0.313. The summed E-state index contributed by atoms with van der Waals surface area (Å²) in [5.41, 5.74) is 3.63. The predicted octanol–water partition coefficient (Wildman–Crippen LogP) is 5.36. The van der Waals surface area contributed by atoms with Crippen LogP contribution in [0.3, 0.4) is 0 Å². The van der Waals surface area contributed by atoms with Crippen molar-refractivity contribution < 1.29 is 14.3 Å². The number of ether oxygens (including phenoxy) is 2. The van der Waals surface area contributed by atoms with Gasteiger partial charge in [0.2, 0.25) is 5.91 Å². The van der Waals surface area contributed by atoms with E-state index in [1.807, 2.05) is 60.7 Å². The van der Waals surface area contributed by atoms with Gasteiger partial charge in [0.15, 0.2) is 11.5 Å². The molecule has 0 radical (unpaired) electrons. The molecule has 4 rings (SSSR count). The lowest BCUT2D eigenvalue weighted by molar-refractivity contribution is -0.118. The van der Waals surface area contributed by atoms with Gasteiger partial charge in [0.1, 0.15) is 0 Å². The summed E-state index contributed by atoms with van der Waals surface area (Å²) in [6, 6.07) is 21.2. The van der Waals surface area contributed by atoms with Crippen LogP contribution in [0.4, 0.5) is 11.4 Å². The van der Waals surface area contributed by atoms with Crippen molar-refractivity contribution in [2.75, 3.05) is 19.1 Å². The molecule has 142 valence electrons. The summed E-state index contributed by atoms with van der Waals surface area (Å²) in [5, 5.41) is 0.557. The van der Waals surface area contributed by atoms with E-state index >= 15 is 0 Å². The van der Waals surface area contributed by atoms with Gasteiger partial charge in [-0.1, -0.05) is 48.0 Å². The quantitative estimate of drug-likeness (QED) is 0.585. The zero-order valence-electron chi connectivity index (χ0n) is 15.7. The number of anilines is 2. The highest BCUT2D eigenvalue weighted by atomic mass is 35.5. The van der Waals surface area contributed by atoms with Gasteiger partial charge < -0.3 is 9.47 Å². The monoisotopic (exact) mass is 393 g/mol. The maximum Gasteiger partial charge on any atom is 0.239 e. The third-order valence-electron chi connectivity index (χ3n) is 5.06. The SMILES string of the molecule is COc1cc(Cl)c(C[C@H]2C(=O)N(c3ccccc3)c3ccccc32)cc1OC. The number of halogens is 1. The topological polar surface area (TPSA) is 38.8 Å². The molecule has 1 atom stereocenters. The van der Waals surface area contributed by atoms with E-state index in [9.17, 15) is 4.79 Å². The number of nitrogens with zero attached hydrogens (tertiary/aromatic N) is 1. The van der Waals surface area contributed by atoms with Gasteiger partial charge in [-0.25, -0.2) is 0 Å². The van der Waals surface area contributed by atoms with Crippen LogP contribution < -0.4 is 14.4 Å². The van der Waals surface area contributed by atoms with Crippen LogP contribution in [0.5, 0.6) is 11.5 Å². The van der Waals surface area contributed by atoms with Crippen LogP contribution >= 0.6 is 11.6 Å². The maximum absolute atomic E-state index is 13.4. The molecule has 0 fully saturated rings. The van der Waals surface area contributed by atoms with Gasteiger partial charge in [0, 0.05) is 16.8 Å². The third kappa shape index (κ3) is 3.10. The Balaban J connectivity index is 1.74. The van der Waals surface area contributed by atoms with E-state index in [0.29, 0.717) is 22.9 Å². The molecular weight excluding hydrogens is 374 g/mol. The number of carbonyl (C=O) groups excluding carboxylic acids is 1. The zero-order chi connectivity index (χ0) is 19.7. The summed E-state index contributed by atoms with van der Waals surface area (Å²) in [6.45, 7) is 0. The second-order valence-electron chi connectivity index (χ2n) is 6.62. The second-order valence-corrected chi connectivity index (χ2v) is 7.03. The molecule has 0 bridgehead atoms. The first-order valence-corrected chi connectivity index (χ1v) is 9.40. The van der Waals surface area contributed by atoms with Crippen LogP contribution in [0, 0.1) is 0 Å². The van der Waals surface area contributed by atoms with Gasteiger partial charge >= 0.3 is 0 Å². The van der Waals surface area contributed by atoms with Crippen molar-refractivity contribution in [3.63, 3.8) is 0 Å². The molecule has 28 heavy (non-hydrogen) atoms. The Morgan fingerprint density at radius 1 is 0.929 bits per heavy atom. The summed E-state index contributed by atoms with van der Waals surface area (Å²) >= 11 is 6.48. The van der Waals surface area contributed by atoms with Gasteiger partial charge in [0.25, 0.3) is 0 Å². The normalized spacial score (nSPS) is 15.5. The summed E-state index contributed by atoms with van der Waals surface area (Å²) in [5.74, 6) is 0.895. The van der Waals surface area contributed by atoms with Crippen molar-refractivity contribution >= 4 is 28.9 Å². The first-order valence-electron chi connectivity index (χ1n) is 9.02. The molecule has 0 saturated heterocycles. The van der Waals surface area contributed by atoms with Gasteiger partial charge in [-0.3, -0.25) is 9.69 Å². The standard InChI is InChI=1S/C23H20ClNO3/c1-27-21-13-15(19(24)14-22(21)28-2)12-18-17-10-6-7-11-20(17)25(23(18)26)16-8-4-3-5-9-16/h3-11,13-14,18H,12H2,1-2H3/t18-/m1/s1. The molecule has 0 aliphatic carbocycles. The molecule has 3 aromatic carbocycles. The van der Waals surface area contributed by atoms with E-state index in [4.69, 9.17) is 21.1 Å². The van der Waals surface area contributed by atoms with Crippen molar-refractivity contribution in [3.8, 4) is 11.5 Å². The highest BCUT2D eigenvalue weighted by Crippen LogP contribution is 2.44. The van der Waals surface area contributed by atoms with E-state index < -0.39 is 0 Å². The van der Waals surface area contributed by atoms with Gasteiger partial charge in [-0.15, -0.1) is 0 Å². The third-order valence-corrected chi connectivity index (χ3v) is 5.41. The first-order chi connectivity index (χ1) is 13.6. The fourth-order valence-electron chi connectivity index (χ4n) is 3.71. The molecule has 4 nitrogen and oxygen atoms in total. The summed E-state index contributed by atoms with van der Waals surface area (Å²) < 4.78 is 10.7. The minimum Gasteiger partial charge on any atom is -0.493 e. The molecule has 0 saturated carbocycles. The van der Waals surface area contributed by atoms with Crippen LogP contribution in [0.2, 0.25) is 5.02 Å². The summed E-state index contributed by atoms with van der Waals surface area (Å²) in [7, 11) is 3.16. The lowest BCUT2D eigenvalue weighted by Crippen LogP contribution is -2.24. The number of hydrogen-bond donors (Lipinski definition) is 0. The number of hydrogen-bond acceptors (Lipinski definition) is 3. The number of amides is 1. The average molecular weight is 394 g/mol. The Morgan fingerprint density at radius 2 is 1.57 bits per heavy atom. The Hall–Kier alpha value is -2.98. The molecule has 3 aromatic rings. The minimum absolute atomic E-state index is 0.0400. The van der Waals surface area contributed by atoms with Gasteiger partial charge in [-0.2, -0.15) is 0 Å². The van der Waals surface area contributed by atoms with Crippen molar-refractivity contribution in [2.24, 2.45) is 0 Å². The summed E-state index contributed by atoms with van der Waals surface area (Å²) in [6.07, 6.45) is 0.484. The highest BCUT2D eigenvalue weighted by Gasteiger charge is 2.38. The van der Waals surface area contributed by atoms with Crippen molar-refractivity contribution in [1.29, 1.82) is 0 Å². The molecule has 0 spiro atoms. The van der Waals surface area contributed by atoms with E-state index in [1.54, 1.807) is 25.2 Å². The fraction of sp³-hybridized carbons (Fsp3) is 0.174. The molecule has 0 aromatic heterocycles. The number of methoxy groups -OCH3 is 2. The van der Waals surface area contributed by atoms with Crippen LogP contribution in [0.15, 0.2) is 66.7 Å². The van der Waals surface area contributed by atoms with Crippen LogP contribution in [-0.2, 0) is 11.2 Å². The van der Waals surface area contributed by atoms with E-state index in [1.165, 1.54) is 0 Å². The molecule has 1 aliphatic heterocycles. The molecule has 1 heterocycles. The summed E-state index contributed by atoms with van der Waals surface area (Å²) in [4.78, 5) is 15.2. The molecule has 5 heteroatoms. The maximum atomic E-state index is 13.4. The fourth-order valence-corrected chi connectivity index (χ4v) is 3.94. The predicted molar refractivity (Wildman–Crippen MR) is 111 cm³/mol. The largest absolute Gasteiger partial charge is 0.493 e. The van der Waals surface area contributed by atoms with Gasteiger partial charge in [-0.05, 0) is 41.8 Å². The van der Waals surface area contributed by atoms with E-state index in [0.717, 1.165) is 22.5 Å². The smallest absolute Gasteiger partial charge is 0.239 e. The Labute approximate surface area is 169 Å². The number of para-hydroxylation sites is 2. The number of carbonyl (C=O) groups is 1. The molecule has 0 N–H and O–H groups in total. The van der Waals surface area contributed by atoms with E-state index in [-0.39, 0.29) is 11.8 Å².